The normalized spacial score (nSPS) is 16.2. The summed E-state index contributed by atoms with van der Waals surface area (Å²) in [5, 5.41) is 3.31. The van der Waals surface area contributed by atoms with E-state index in [4.69, 9.17) is 0 Å². The molecule has 0 unspecified atom stereocenters. The van der Waals surface area contributed by atoms with E-state index in [0.717, 1.165) is 18.2 Å². The molecule has 94 valence electrons. The highest BCUT2D eigenvalue weighted by Crippen LogP contribution is 2.29. The Hall–Kier alpha value is -1.07. The van der Waals surface area contributed by atoms with Gasteiger partial charge in [0.2, 0.25) is 10.0 Å². The van der Waals surface area contributed by atoms with Gasteiger partial charge in [0.1, 0.15) is 0 Å². The summed E-state index contributed by atoms with van der Waals surface area (Å²) in [6, 6.07) is 6.92. The first kappa shape index (κ1) is 12.4. The molecule has 0 atom stereocenters. The van der Waals surface area contributed by atoms with E-state index >= 15 is 0 Å². The molecule has 4 nitrogen and oxygen atoms in total. The minimum atomic E-state index is -3.31. The van der Waals surface area contributed by atoms with E-state index in [1.807, 2.05) is 12.1 Å². The molecule has 1 aromatic carbocycles. The van der Waals surface area contributed by atoms with Crippen molar-refractivity contribution in [1.29, 1.82) is 0 Å². The van der Waals surface area contributed by atoms with Crippen LogP contribution in [0.3, 0.4) is 0 Å². The van der Waals surface area contributed by atoms with Gasteiger partial charge in [0.05, 0.1) is 4.90 Å². The summed E-state index contributed by atoms with van der Waals surface area (Å²) in [6.45, 7) is 0.986. The van der Waals surface area contributed by atoms with E-state index in [1.165, 1.54) is 31.2 Å². The molecular formula is C12H18N2O2S. The molecule has 0 aromatic heterocycles. The Morgan fingerprint density at radius 3 is 2.29 bits per heavy atom. The van der Waals surface area contributed by atoms with Crippen molar-refractivity contribution in [3.8, 4) is 0 Å². The van der Waals surface area contributed by atoms with Gasteiger partial charge in [-0.15, -0.1) is 0 Å². The Kier molecular flexibility index (Phi) is 3.40. The number of hydrogen-bond donors (Lipinski definition) is 1. The summed E-state index contributed by atoms with van der Waals surface area (Å²) in [5.41, 5.74) is 0.981. The third-order valence-corrected chi connectivity index (χ3v) is 4.75. The van der Waals surface area contributed by atoms with Gasteiger partial charge in [-0.05, 0) is 43.0 Å². The highest BCUT2D eigenvalue weighted by Gasteiger charge is 2.21. The maximum absolute atomic E-state index is 11.8. The van der Waals surface area contributed by atoms with Crippen molar-refractivity contribution in [3.05, 3.63) is 24.3 Å². The highest BCUT2D eigenvalue weighted by atomic mass is 32.2. The molecule has 0 aliphatic heterocycles. The summed E-state index contributed by atoms with van der Waals surface area (Å²) in [4.78, 5) is 0.333. The second kappa shape index (κ2) is 4.66. The van der Waals surface area contributed by atoms with Crippen LogP contribution in [0, 0.1) is 5.92 Å². The van der Waals surface area contributed by atoms with Crippen molar-refractivity contribution in [2.24, 2.45) is 5.92 Å². The molecule has 1 fully saturated rings. The van der Waals surface area contributed by atoms with E-state index in [-0.39, 0.29) is 0 Å². The second-order valence-electron chi connectivity index (χ2n) is 4.64. The zero-order chi connectivity index (χ0) is 12.5. The van der Waals surface area contributed by atoms with Gasteiger partial charge in [0.15, 0.2) is 0 Å². The molecule has 0 saturated heterocycles. The van der Waals surface area contributed by atoms with E-state index in [2.05, 4.69) is 5.32 Å². The predicted octanol–water partition coefficient (Wildman–Crippen LogP) is 1.76. The van der Waals surface area contributed by atoms with Crippen molar-refractivity contribution < 1.29 is 8.42 Å². The Balaban J connectivity index is 2.06. The summed E-state index contributed by atoms with van der Waals surface area (Å²) >= 11 is 0. The quantitative estimate of drug-likeness (QED) is 0.871. The predicted molar refractivity (Wildman–Crippen MR) is 68.5 cm³/mol. The van der Waals surface area contributed by atoms with Crippen LogP contribution >= 0.6 is 0 Å². The van der Waals surface area contributed by atoms with Gasteiger partial charge in [-0.25, -0.2) is 12.7 Å². The van der Waals surface area contributed by atoms with Gasteiger partial charge in [-0.2, -0.15) is 0 Å². The number of hydrogen-bond acceptors (Lipinski definition) is 3. The molecule has 1 N–H and O–H groups in total. The average molecular weight is 254 g/mol. The maximum Gasteiger partial charge on any atom is 0.242 e. The number of sulfonamides is 1. The Morgan fingerprint density at radius 2 is 1.82 bits per heavy atom. The van der Waals surface area contributed by atoms with Gasteiger partial charge in [0.25, 0.3) is 0 Å². The fourth-order valence-electron chi connectivity index (χ4n) is 1.54. The summed E-state index contributed by atoms with van der Waals surface area (Å²) in [6.07, 6.45) is 2.61. The van der Waals surface area contributed by atoms with E-state index in [1.54, 1.807) is 12.1 Å². The molecule has 0 spiro atoms. The highest BCUT2D eigenvalue weighted by molar-refractivity contribution is 7.89. The molecule has 5 heteroatoms. The van der Waals surface area contributed by atoms with Gasteiger partial charge in [0, 0.05) is 26.3 Å². The number of nitrogens with one attached hydrogen (secondary N) is 1. The summed E-state index contributed by atoms with van der Waals surface area (Å²) < 4.78 is 24.9. The van der Waals surface area contributed by atoms with Crippen LogP contribution in [-0.4, -0.2) is 33.4 Å². The molecule has 0 radical (unpaired) electrons. The SMILES string of the molecule is CN(C)S(=O)(=O)c1ccc(NCC2CC2)cc1. The monoisotopic (exact) mass is 254 g/mol. The molecule has 1 aliphatic carbocycles. The first-order valence-electron chi connectivity index (χ1n) is 5.76. The van der Waals surface area contributed by atoms with Gasteiger partial charge in [-0.3, -0.25) is 0 Å². The van der Waals surface area contributed by atoms with E-state index in [9.17, 15) is 8.42 Å². The van der Waals surface area contributed by atoms with Gasteiger partial charge < -0.3 is 5.32 Å². The van der Waals surface area contributed by atoms with Crippen LogP contribution in [0.2, 0.25) is 0 Å². The molecular weight excluding hydrogens is 236 g/mol. The number of nitrogens with zero attached hydrogens (tertiary/aromatic N) is 1. The van der Waals surface area contributed by atoms with Crippen LogP contribution in [0.15, 0.2) is 29.2 Å². The van der Waals surface area contributed by atoms with Crippen LogP contribution in [0.25, 0.3) is 0 Å². The first-order chi connectivity index (χ1) is 8.00. The van der Waals surface area contributed by atoms with Crippen molar-refractivity contribution in [2.45, 2.75) is 17.7 Å². The third kappa shape index (κ3) is 2.98. The van der Waals surface area contributed by atoms with Crippen molar-refractivity contribution in [1.82, 2.24) is 4.31 Å². The molecule has 2 rings (SSSR count). The van der Waals surface area contributed by atoms with Crippen LogP contribution in [-0.2, 0) is 10.0 Å². The molecule has 17 heavy (non-hydrogen) atoms. The first-order valence-corrected chi connectivity index (χ1v) is 7.20. The van der Waals surface area contributed by atoms with E-state index in [0.29, 0.717) is 4.90 Å². The minimum absolute atomic E-state index is 0.333. The standard InChI is InChI=1S/C12H18N2O2S/c1-14(2)17(15,16)12-7-5-11(6-8-12)13-9-10-3-4-10/h5-8,10,13H,3-4,9H2,1-2H3. The molecule has 1 aliphatic rings. The summed E-state index contributed by atoms with van der Waals surface area (Å²) in [7, 11) is -0.234. The van der Waals surface area contributed by atoms with Gasteiger partial charge >= 0.3 is 0 Å². The van der Waals surface area contributed by atoms with Crippen LogP contribution in [0.1, 0.15) is 12.8 Å². The zero-order valence-electron chi connectivity index (χ0n) is 10.2. The molecule has 0 bridgehead atoms. The lowest BCUT2D eigenvalue weighted by Gasteiger charge is -2.12. The Labute approximate surface area is 103 Å². The van der Waals surface area contributed by atoms with Crippen molar-refractivity contribution in [3.63, 3.8) is 0 Å². The number of benzene rings is 1. The van der Waals surface area contributed by atoms with Crippen molar-refractivity contribution in [2.75, 3.05) is 26.0 Å². The van der Waals surface area contributed by atoms with Crippen LogP contribution in [0.5, 0.6) is 0 Å². The fraction of sp³-hybridized carbons (Fsp3) is 0.500. The topological polar surface area (TPSA) is 49.4 Å². The van der Waals surface area contributed by atoms with E-state index < -0.39 is 10.0 Å². The lowest BCUT2D eigenvalue weighted by molar-refractivity contribution is 0.521. The maximum atomic E-state index is 11.8. The number of rotatable bonds is 5. The van der Waals surface area contributed by atoms with Gasteiger partial charge in [-0.1, -0.05) is 0 Å². The van der Waals surface area contributed by atoms with Crippen LogP contribution in [0.4, 0.5) is 5.69 Å². The molecule has 0 heterocycles. The Morgan fingerprint density at radius 1 is 1.24 bits per heavy atom. The summed E-state index contributed by atoms with van der Waals surface area (Å²) in [5.74, 6) is 0.806. The lowest BCUT2D eigenvalue weighted by Crippen LogP contribution is -2.22. The fourth-order valence-corrected chi connectivity index (χ4v) is 2.44. The average Bonchev–Trinajstić information content (AvgIpc) is 3.10. The van der Waals surface area contributed by atoms with Crippen LogP contribution < -0.4 is 5.32 Å². The number of anilines is 1. The lowest BCUT2D eigenvalue weighted by atomic mass is 10.3. The smallest absolute Gasteiger partial charge is 0.242 e. The molecule has 1 aromatic rings. The third-order valence-electron chi connectivity index (χ3n) is 2.92. The molecule has 1 saturated carbocycles. The largest absolute Gasteiger partial charge is 0.385 e. The molecule has 0 amide bonds. The van der Waals surface area contributed by atoms with Crippen molar-refractivity contribution >= 4 is 15.7 Å². The Bertz CT molecular complexity index is 476. The zero-order valence-corrected chi connectivity index (χ0v) is 11.0. The minimum Gasteiger partial charge on any atom is -0.385 e. The second-order valence-corrected chi connectivity index (χ2v) is 6.79.